The zero-order valence-corrected chi connectivity index (χ0v) is 12.9. The fourth-order valence-electron chi connectivity index (χ4n) is 1.78. The lowest BCUT2D eigenvalue weighted by Gasteiger charge is -2.26. The summed E-state index contributed by atoms with van der Waals surface area (Å²) in [5, 5.41) is 0. The summed E-state index contributed by atoms with van der Waals surface area (Å²) in [4.78, 5) is 18.4. The second-order valence-corrected chi connectivity index (χ2v) is 5.58. The molecular formula is C14H21BrN2O. The van der Waals surface area contributed by atoms with Gasteiger partial charge in [0, 0.05) is 23.3 Å². The van der Waals surface area contributed by atoms with Gasteiger partial charge in [-0.1, -0.05) is 19.8 Å². The van der Waals surface area contributed by atoms with Crippen LogP contribution in [0, 0.1) is 0 Å². The molecule has 0 radical (unpaired) electrons. The van der Waals surface area contributed by atoms with Gasteiger partial charge in [0.2, 0.25) is 0 Å². The van der Waals surface area contributed by atoms with Crippen molar-refractivity contribution in [2.45, 2.75) is 46.1 Å². The highest BCUT2D eigenvalue weighted by Crippen LogP contribution is 2.12. The summed E-state index contributed by atoms with van der Waals surface area (Å²) in [6.07, 6.45) is 5.04. The fraction of sp³-hybridized carbons (Fsp3) is 0.571. The van der Waals surface area contributed by atoms with Crippen LogP contribution < -0.4 is 0 Å². The van der Waals surface area contributed by atoms with E-state index < -0.39 is 0 Å². The number of nitrogens with zero attached hydrogens (tertiary/aromatic N) is 2. The summed E-state index contributed by atoms with van der Waals surface area (Å²) in [7, 11) is 0. The van der Waals surface area contributed by atoms with Crippen molar-refractivity contribution in [3.05, 3.63) is 28.5 Å². The molecule has 0 saturated heterocycles. The number of halogens is 1. The summed E-state index contributed by atoms with van der Waals surface area (Å²) in [6, 6.07) is 3.83. The molecule has 0 atom stereocenters. The first-order valence-corrected chi connectivity index (χ1v) is 7.28. The normalized spacial score (nSPS) is 10.7. The van der Waals surface area contributed by atoms with Gasteiger partial charge >= 0.3 is 0 Å². The molecule has 0 aliphatic carbocycles. The molecule has 0 aliphatic rings. The van der Waals surface area contributed by atoms with Crippen LogP contribution in [0.2, 0.25) is 0 Å². The summed E-state index contributed by atoms with van der Waals surface area (Å²) < 4.78 is 0.890. The van der Waals surface area contributed by atoms with Gasteiger partial charge < -0.3 is 4.90 Å². The number of hydrogen-bond donors (Lipinski definition) is 0. The van der Waals surface area contributed by atoms with E-state index in [-0.39, 0.29) is 11.9 Å². The Morgan fingerprint density at radius 2 is 2.11 bits per heavy atom. The number of carbonyl (C=O) groups is 1. The SMILES string of the molecule is CCCCCN(C(=O)c1ccc(Br)cn1)C(C)C. The predicted molar refractivity (Wildman–Crippen MR) is 77.6 cm³/mol. The quantitative estimate of drug-likeness (QED) is 0.747. The van der Waals surface area contributed by atoms with Crippen LogP contribution in [-0.2, 0) is 0 Å². The first-order chi connectivity index (χ1) is 8.56. The van der Waals surface area contributed by atoms with Crippen LogP contribution in [0.15, 0.2) is 22.8 Å². The van der Waals surface area contributed by atoms with Crippen molar-refractivity contribution in [3.8, 4) is 0 Å². The summed E-state index contributed by atoms with van der Waals surface area (Å²) >= 11 is 3.32. The van der Waals surface area contributed by atoms with E-state index in [1.54, 1.807) is 12.3 Å². The molecule has 0 spiro atoms. The molecule has 1 aromatic heterocycles. The minimum absolute atomic E-state index is 0.0219. The average molecular weight is 313 g/mol. The Labute approximate surface area is 118 Å². The Morgan fingerprint density at radius 3 is 2.61 bits per heavy atom. The molecule has 1 rings (SSSR count). The molecule has 1 heterocycles. The first-order valence-electron chi connectivity index (χ1n) is 6.48. The van der Waals surface area contributed by atoms with Gasteiger partial charge in [0.15, 0.2) is 0 Å². The third-order valence-electron chi connectivity index (χ3n) is 2.83. The molecule has 0 unspecified atom stereocenters. The largest absolute Gasteiger partial charge is 0.335 e. The summed E-state index contributed by atoms with van der Waals surface area (Å²) in [5.74, 6) is 0.0219. The molecule has 1 aromatic rings. The molecule has 100 valence electrons. The van der Waals surface area contributed by atoms with Crippen molar-refractivity contribution in [3.63, 3.8) is 0 Å². The van der Waals surface area contributed by atoms with Crippen LogP contribution in [-0.4, -0.2) is 28.4 Å². The van der Waals surface area contributed by atoms with Gasteiger partial charge in [0.25, 0.3) is 5.91 Å². The lowest BCUT2D eigenvalue weighted by Crippen LogP contribution is -2.38. The van der Waals surface area contributed by atoms with E-state index in [0.717, 1.165) is 30.3 Å². The van der Waals surface area contributed by atoms with Crippen LogP contribution in [0.25, 0.3) is 0 Å². The van der Waals surface area contributed by atoms with Crippen molar-refractivity contribution in [2.24, 2.45) is 0 Å². The average Bonchev–Trinajstić information content (AvgIpc) is 2.34. The number of aromatic nitrogens is 1. The second-order valence-electron chi connectivity index (χ2n) is 4.66. The zero-order valence-electron chi connectivity index (χ0n) is 11.3. The molecule has 4 heteroatoms. The van der Waals surface area contributed by atoms with E-state index in [1.165, 1.54) is 0 Å². The fourth-order valence-corrected chi connectivity index (χ4v) is 2.01. The molecule has 0 fully saturated rings. The minimum atomic E-state index is 0.0219. The Morgan fingerprint density at radius 1 is 1.39 bits per heavy atom. The highest BCUT2D eigenvalue weighted by Gasteiger charge is 2.19. The summed E-state index contributed by atoms with van der Waals surface area (Å²) in [6.45, 7) is 7.06. The van der Waals surface area contributed by atoms with Crippen molar-refractivity contribution in [1.29, 1.82) is 0 Å². The first kappa shape index (κ1) is 15.2. The van der Waals surface area contributed by atoms with Crippen molar-refractivity contribution in [1.82, 2.24) is 9.88 Å². The van der Waals surface area contributed by atoms with E-state index in [0.29, 0.717) is 5.69 Å². The maximum Gasteiger partial charge on any atom is 0.272 e. The third kappa shape index (κ3) is 4.41. The van der Waals surface area contributed by atoms with Gasteiger partial charge in [-0.05, 0) is 48.3 Å². The highest BCUT2D eigenvalue weighted by molar-refractivity contribution is 9.10. The van der Waals surface area contributed by atoms with E-state index >= 15 is 0 Å². The number of hydrogen-bond acceptors (Lipinski definition) is 2. The molecule has 0 N–H and O–H groups in total. The van der Waals surface area contributed by atoms with Gasteiger partial charge in [0.05, 0.1) is 0 Å². The zero-order chi connectivity index (χ0) is 13.5. The number of rotatable bonds is 6. The van der Waals surface area contributed by atoms with Crippen LogP contribution in [0.5, 0.6) is 0 Å². The maximum atomic E-state index is 12.3. The summed E-state index contributed by atoms with van der Waals surface area (Å²) in [5.41, 5.74) is 0.517. The number of amides is 1. The molecule has 0 aromatic carbocycles. The predicted octanol–water partition coefficient (Wildman–Crippen LogP) is 3.88. The van der Waals surface area contributed by atoms with E-state index in [4.69, 9.17) is 0 Å². The molecular weight excluding hydrogens is 292 g/mol. The van der Waals surface area contributed by atoms with Gasteiger partial charge in [-0.15, -0.1) is 0 Å². The molecule has 0 saturated carbocycles. The van der Waals surface area contributed by atoms with Crippen molar-refractivity contribution >= 4 is 21.8 Å². The van der Waals surface area contributed by atoms with Crippen LogP contribution in [0.1, 0.15) is 50.5 Å². The molecule has 0 aliphatic heterocycles. The molecule has 18 heavy (non-hydrogen) atoms. The Hall–Kier alpha value is -0.900. The highest BCUT2D eigenvalue weighted by atomic mass is 79.9. The van der Waals surface area contributed by atoms with Crippen LogP contribution in [0.3, 0.4) is 0 Å². The van der Waals surface area contributed by atoms with Gasteiger partial charge in [-0.2, -0.15) is 0 Å². The van der Waals surface area contributed by atoms with E-state index in [9.17, 15) is 4.79 Å². The van der Waals surface area contributed by atoms with Crippen LogP contribution in [0.4, 0.5) is 0 Å². The van der Waals surface area contributed by atoms with E-state index in [2.05, 4.69) is 27.8 Å². The number of pyridine rings is 1. The van der Waals surface area contributed by atoms with Gasteiger partial charge in [0.1, 0.15) is 5.69 Å². The topological polar surface area (TPSA) is 33.2 Å². The number of unbranched alkanes of at least 4 members (excludes halogenated alkanes) is 2. The lowest BCUT2D eigenvalue weighted by atomic mass is 10.2. The Bertz CT molecular complexity index is 376. The lowest BCUT2D eigenvalue weighted by molar-refractivity contribution is 0.0696. The molecule has 1 amide bonds. The van der Waals surface area contributed by atoms with E-state index in [1.807, 2.05) is 24.8 Å². The molecule has 0 bridgehead atoms. The third-order valence-corrected chi connectivity index (χ3v) is 3.30. The minimum Gasteiger partial charge on any atom is -0.335 e. The monoisotopic (exact) mass is 312 g/mol. The van der Waals surface area contributed by atoms with Crippen LogP contribution >= 0.6 is 15.9 Å². The van der Waals surface area contributed by atoms with Crippen molar-refractivity contribution < 1.29 is 4.79 Å². The smallest absolute Gasteiger partial charge is 0.272 e. The molecule has 3 nitrogen and oxygen atoms in total. The maximum absolute atomic E-state index is 12.3. The second kappa shape index (κ2) is 7.52. The van der Waals surface area contributed by atoms with Crippen molar-refractivity contribution in [2.75, 3.05) is 6.54 Å². The Balaban J connectivity index is 2.73. The van der Waals surface area contributed by atoms with Gasteiger partial charge in [-0.3, -0.25) is 4.79 Å². The standard InChI is InChI=1S/C14H21BrN2O/c1-4-5-6-9-17(11(2)3)14(18)13-8-7-12(15)10-16-13/h7-8,10-11H,4-6,9H2,1-3H3. The number of carbonyl (C=O) groups excluding carboxylic acids is 1. The Kier molecular flexibility index (Phi) is 6.33. The van der Waals surface area contributed by atoms with Gasteiger partial charge in [-0.25, -0.2) is 4.98 Å².